The summed E-state index contributed by atoms with van der Waals surface area (Å²) in [6.07, 6.45) is -8.55. The Kier molecular flexibility index (Phi) is 18.8. The highest BCUT2D eigenvalue weighted by Gasteiger charge is 2.40. The standard InChI is InChI=1S/C45H50N22O11/c46-17-20-14-27(66(75)76)31(28(15-20)67(77)78)65(18-23-16-22-10-4-5-11-24(22)26-13-7-6-12-25(23)26)29(19-68)37(70)56-30(21-8-2-1-3-9-21)38(71)58-34(62-43(50)51)40(73)60-36(64-45(54)55)41(74)59-35(63-44(52)53)39(72)57-33(32(47)69)61-42(48)49/h1-16,29-30,33-36,68H,18-19H2,(H2,47,69)(H,56,70)(H,57,72)(H,58,71)(H,59,74)(H,60,73)(H4,48,49,61)(H4,50,51,62)(H4,52,53,63)(H4,54,55,64). The second-order valence-corrected chi connectivity index (χ2v) is 16.2. The molecule has 0 aliphatic rings. The van der Waals surface area contributed by atoms with Crippen molar-refractivity contribution in [1.29, 1.82) is 5.26 Å². The number of primary amides is 1. The number of aliphatic hydroxyl groups is 1. The average molecular weight is 1080 g/mol. The highest BCUT2D eigenvalue weighted by atomic mass is 16.6. The van der Waals surface area contributed by atoms with Crippen LogP contribution >= 0.6 is 0 Å². The fourth-order valence-corrected chi connectivity index (χ4v) is 7.63. The first-order valence-electron chi connectivity index (χ1n) is 22.3. The number of nitro groups is 2. The van der Waals surface area contributed by atoms with Gasteiger partial charge in [-0.2, -0.15) is 5.26 Å². The van der Waals surface area contributed by atoms with Crippen LogP contribution in [0.3, 0.4) is 0 Å². The molecule has 0 fully saturated rings. The minimum absolute atomic E-state index is 0.0217. The van der Waals surface area contributed by atoms with E-state index in [2.05, 4.69) is 30.6 Å². The molecule has 0 heterocycles. The fourth-order valence-electron chi connectivity index (χ4n) is 7.63. The van der Waals surface area contributed by atoms with E-state index < -0.39 is 142 Å². The number of nitro benzene ring substituents is 2. The molecule has 5 aromatic carbocycles. The third-order valence-electron chi connectivity index (χ3n) is 10.9. The van der Waals surface area contributed by atoms with Crippen LogP contribution in [0.1, 0.15) is 22.7 Å². The first-order chi connectivity index (χ1) is 36.9. The first-order valence-corrected chi connectivity index (χ1v) is 22.3. The van der Waals surface area contributed by atoms with Crippen molar-refractivity contribution in [3.05, 3.63) is 134 Å². The van der Waals surface area contributed by atoms with Gasteiger partial charge in [-0.05, 0) is 38.7 Å². The SMILES string of the molecule is N#Cc1cc([N+](=O)[O-])c(N(Cc2cc3ccccc3c3ccccc23)C(CO)C(=O)NC(C(=O)NC(N=C(N)N)C(=O)NC(N=C(N)N)C(=O)NC(N=C(N)N)C(=O)NC(N=C(N)N)C(N)=O)c2ccccc2)c([N+](=O)[O-])c1. The van der Waals surface area contributed by atoms with Crippen LogP contribution in [-0.2, 0) is 35.3 Å². The summed E-state index contributed by atoms with van der Waals surface area (Å²) >= 11 is 0. The van der Waals surface area contributed by atoms with Crippen LogP contribution in [0.5, 0.6) is 0 Å². The summed E-state index contributed by atoms with van der Waals surface area (Å²) in [6, 6.07) is 22.1. The number of aliphatic imine (C=N–C) groups is 4. The van der Waals surface area contributed by atoms with E-state index in [1.165, 1.54) is 30.3 Å². The van der Waals surface area contributed by atoms with Gasteiger partial charge < -0.3 is 88.2 Å². The minimum atomic E-state index is -2.25. The van der Waals surface area contributed by atoms with Crippen LogP contribution < -0.4 is 83.1 Å². The van der Waals surface area contributed by atoms with E-state index >= 15 is 0 Å². The van der Waals surface area contributed by atoms with Crippen molar-refractivity contribution in [2.24, 2.45) is 71.6 Å². The molecule has 0 bridgehead atoms. The van der Waals surface area contributed by atoms with Crippen LogP contribution in [0, 0.1) is 31.6 Å². The molecule has 0 aromatic heterocycles. The molecule has 6 unspecified atom stereocenters. The normalized spacial score (nSPS) is 12.9. The molecular formula is C45H50N22O11. The number of anilines is 1. The summed E-state index contributed by atoms with van der Waals surface area (Å²) in [5.41, 5.74) is 46.1. The van der Waals surface area contributed by atoms with Crippen LogP contribution in [-0.4, -0.2) is 112 Å². The lowest BCUT2D eigenvalue weighted by Gasteiger charge is -2.33. The van der Waals surface area contributed by atoms with Crippen molar-refractivity contribution < 1.29 is 43.7 Å². The molecular weight excluding hydrogens is 1020 g/mol. The molecule has 24 N–H and O–H groups in total. The zero-order valence-corrected chi connectivity index (χ0v) is 40.4. The third-order valence-corrected chi connectivity index (χ3v) is 10.9. The van der Waals surface area contributed by atoms with Gasteiger partial charge in [0.05, 0.1) is 28.1 Å². The highest BCUT2D eigenvalue weighted by molar-refractivity contribution is 6.09. The quantitative estimate of drug-likeness (QED) is 0.00960. The second kappa shape index (κ2) is 25.5. The summed E-state index contributed by atoms with van der Waals surface area (Å²) in [5, 5.41) is 59.8. The number of hydrogen-bond donors (Lipinski definition) is 15. The Balaban J connectivity index is 1.56. The minimum Gasteiger partial charge on any atom is -0.394 e. The van der Waals surface area contributed by atoms with E-state index in [0.29, 0.717) is 21.7 Å². The maximum atomic E-state index is 14.9. The molecule has 0 aliphatic carbocycles. The molecule has 5 aromatic rings. The van der Waals surface area contributed by atoms with Crippen LogP contribution in [0.4, 0.5) is 17.1 Å². The van der Waals surface area contributed by atoms with Gasteiger partial charge in [0.1, 0.15) is 12.1 Å². The largest absolute Gasteiger partial charge is 0.394 e. The van der Waals surface area contributed by atoms with Gasteiger partial charge in [0.25, 0.3) is 23.6 Å². The van der Waals surface area contributed by atoms with E-state index in [4.69, 9.17) is 51.6 Å². The summed E-state index contributed by atoms with van der Waals surface area (Å²) in [5.74, 6) is -11.3. The Bertz CT molecular complexity index is 3300. The zero-order valence-electron chi connectivity index (χ0n) is 40.4. The predicted molar refractivity (Wildman–Crippen MR) is 280 cm³/mol. The Morgan fingerprint density at radius 1 is 0.564 bits per heavy atom. The summed E-state index contributed by atoms with van der Waals surface area (Å²) in [4.78, 5) is 121. The van der Waals surface area contributed by atoms with Crippen LogP contribution in [0.25, 0.3) is 21.5 Å². The number of benzene rings is 5. The number of carbonyl (C=O) groups excluding carboxylic acids is 6. The molecule has 0 saturated heterocycles. The summed E-state index contributed by atoms with van der Waals surface area (Å²) in [7, 11) is 0. The number of amides is 6. The van der Waals surface area contributed by atoms with Gasteiger partial charge in [0.15, 0.2) is 29.5 Å². The first kappa shape index (κ1) is 57.5. The lowest BCUT2D eigenvalue weighted by atomic mass is 9.96. The number of fused-ring (bicyclic) bond motifs is 3. The van der Waals surface area contributed by atoms with Crippen LogP contribution in [0.2, 0.25) is 0 Å². The van der Waals surface area contributed by atoms with Crippen molar-refractivity contribution in [3.8, 4) is 6.07 Å². The second-order valence-electron chi connectivity index (χ2n) is 16.2. The molecule has 0 aliphatic heterocycles. The Hall–Kier alpha value is -11.4. The highest BCUT2D eigenvalue weighted by Crippen LogP contribution is 2.42. The van der Waals surface area contributed by atoms with Crippen LogP contribution in [0.15, 0.2) is 117 Å². The monoisotopic (exact) mass is 1070 g/mol. The van der Waals surface area contributed by atoms with Gasteiger partial charge in [0.2, 0.25) is 36.5 Å². The number of guanidine groups is 4. The maximum absolute atomic E-state index is 14.9. The van der Waals surface area contributed by atoms with Crippen molar-refractivity contribution in [2.75, 3.05) is 11.5 Å². The van der Waals surface area contributed by atoms with E-state index in [-0.39, 0.29) is 5.56 Å². The molecule has 0 saturated carbocycles. The number of nitriles is 1. The van der Waals surface area contributed by atoms with Gasteiger partial charge in [-0.15, -0.1) is 0 Å². The van der Waals surface area contributed by atoms with Gasteiger partial charge in [-0.1, -0.05) is 78.9 Å². The van der Waals surface area contributed by atoms with Gasteiger partial charge in [-0.3, -0.25) is 49.0 Å². The number of rotatable bonds is 23. The molecule has 33 heteroatoms. The van der Waals surface area contributed by atoms with Gasteiger partial charge >= 0.3 is 11.4 Å². The number of hydrogen-bond acceptors (Lipinski definition) is 17. The van der Waals surface area contributed by atoms with E-state index in [1.54, 1.807) is 54.6 Å². The summed E-state index contributed by atoms with van der Waals surface area (Å²) in [6.45, 7) is -1.78. The maximum Gasteiger partial charge on any atom is 0.301 e. The zero-order chi connectivity index (χ0) is 57.5. The third kappa shape index (κ3) is 14.4. The molecule has 406 valence electrons. The number of aliphatic hydroxyl groups excluding tert-OH is 1. The predicted octanol–water partition coefficient (Wildman–Crippen LogP) is -4.75. The molecule has 6 amide bonds. The van der Waals surface area contributed by atoms with Crippen molar-refractivity contribution >= 4 is 97.9 Å². The van der Waals surface area contributed by atoms with Crippen molar-refractivity contribution in [3.63, 3.8) is 0 Å². The average Bonchev–Trinajstić information content (AvgIpc) is 3.41. The topological polar surface area (TPSA) is 580 Å². The molecule has 5 rings (SSSR count). The smallest absolute Gasteiger partial charge is 0.301 e. The number of carbonyl (C=O) groups is 6. The van der Waals surface area contributed by atoms with E-state index in [1.807, 2.05) is 22.0 Å². The number of nitrogens with zero attached hydrogens (tertiary/aromatic N) is 8. The summed E-state index contributed by atoms with van der Waals surface area (Å²) < 4.78 is 0. The lowest BCUT2D eigenvalue weighted by molar-refractivity contribution is -0.392. The van der Waals surface area contributed by atoms with E-state index in [0.717, 1.165) is 22.4 Å². The Morgan fingerprint density at radius 2 is 0.987 bits per heavy atom. The molecule has 6 atom stereocenters. The van der Waals surface area contributed by atoms with Crippen molar-refractivity contribution in [1.82, 2.24) is 26.6 Å². The molecule has 0 spiro atoms. The Morgan fingerprint density at radius 3 is 1.44 bits per heavy atom. The number of nitrogens with two attached hydrogens (primary N) is 9. The molecule has 33 nitrogen and oxygen atoms in total. The van der Waals surface area contributed by atoms with Gasteiger partial charge in [0, 0.05) is 18.7 Å². The lowest BCUT2D eigenvalue weighted by Crippen LogP contribution is -2.58. The molecule has 78 heavy (non-hydrogen) atoms. The Labute approximate surface area is 438 Å². The van der Waals surface area contributed by atoms with Gasteiger partial charge in [-0.25, -0.2) is 20.0 Å². The fraction of sp³-hybridized carbons (Fsp3) is 0.178. The number of nitrogens with one attached hydrogen (secondary N) is 5. The van der Waals surface area contributed by atoms with E-state index in [9.17, 15) is 59.4 Å². The molecule has 0 radical (unpaired) electrons. The van der Waals surface area contributed by atoms with Crippen molar-refractivity contribution in [2.45, 2.75) is 43.3 Å².